The molecule has 2 unspecified atom stereocenters. The summed E-state index contributed by atoms with van der Waals surface area (Å²) in [7, 11) is 4.24. The Morgan fingerprint density at radius 2 is 1.85 bits per heavy atom. The van der Waals surface area contributed by atoms with Crippen LogP contribution >= 0.6 is 0 Å². The molecule has 2 aromatic carbocycles. The maximum absolute atomic E-state index is 11.8. The average Bonchev–Trinajstić information content (AvgIpc) is 3.47. The molecule has 6 rings (SSSR count). The van der Waals surface area contributed by atoms with E-state index in [0.29, 0.717) is 32.2 Å². The molecule has 4 heterocycles. The zero-order valence-electron chi connectivity index (χ0n) is 23.2. The van der Waals surface area contributed by atoms with Crippen molar-refractivity contribution < 1.29 is 9.90 Å². The number of likely N-dealkylation sites (N-methyl/N-ethyl adjacent to an activating group) is 1. The summed E-state index contributed by atoms with van der Waals surface area (Å²) in [5.41, 5.74) is 3.39. The summed E-state index contributed by atoms with van der Waals surface area (Å²) in [4.78, 5) is 32.7. The van der Waals surface area contributed by atoms with Gasteiger partial charge in [-0.2, -0.15) is 10.2 Å². The highest BCUT2D eigenvalue weighted by atomic mass is 16.4. The fourth-order valence-corrected chi connectivity index (χ4v) is 6.42. The van der Waals surface area contributed by atoms with Crippen molar-refractivity contribution >= 4 is 34.3 Å². The first-order chi connectivity index (χ1) is 19.4. The van der Waals surface area contributed by atoms with Gasteiger partial charge in [-0.05, 0) is 38.4 Å². The number of piperazine rings is 1. The van der Waals surface area contributed by atoms with Crippen LogP contribution in [-0.4, -0.2) is 96.4 Å². The van der Waals surface area contributed by atoms with E-state index in [1.807, 2.05) is 0 Å². The fraction of sp³-hybridized carbons (Fsp3) is 0.467. The molecule has 3 aromatic rings. The van der Waals surface area contributed by atoms with Crippen molar-refractivity contribution in [3.63, 3.8) is 0 Å². The molecule has 208 valence electrons. The topological polar surface area (TPSA) is 103 Å². The first kappa shape index (κ1) is 26.1. The number of carboxylic acid groups (broad SMARTS) is 1. The molecule has 2 saturated heterocycles. The van der Waals surface area contributed by atoms with E-state index in [2.05, 4.69) is 82.2 Å². The molecule has 0 spiro atoms. The van der Waals surface area contributed by atoms with Gasteiger partial charge in [0, 0.05) is 61.9 Å². The Hall–Kier alpha value is -4.10. The minimum atomic E-state index is -0.970. The molecule has 0 aliphatic carbocycles. The number of nitriles is 1. The molecule has 0 bridgehead atoms. The molecular weight excluding hydrogens is 504 g/mol. The SMILES string of the molecule is CN(C)C1CCN(c2nc3c(c(N4CCN(C(=O)O)C(CC#N)C4)n2)CCN(c2cccc4ccccc24)C3)C1. The monoisotopic (exact) mass is 540 g/mol. The van der Waals surface area contributed by atoms with Crippen molar-refractivity contribution in [3.8, 4) is 6.07 Å². The molecule has 10 heteroatoms. The third-order valence-electron chi connectivity index (χ3n) is 8.67. The maximum atomic E-state index is 11.8. The highest BCUT2D eigenvalue weighted by Gasteiger charge is 2.35. The van der Waals surface area contributed by atoms with E-state index in [0.717, 1.165) is 55.5 Å². The Morgan fingerprint density at radius 3 is 2.62 bits per heavy atom. The lowest BCUT2D eigenvalue weighted by Crippen LogP contribution is -2.55. The largest absolute Gasteiger partial charge is 0.465 e. The molecule has 3 aliphatic heterocycles. The first-order valence-corrected chi connectivity index (χ1v) is 14.1. The van der Waals surface area contributed by atoms with Gasteiger partial charge in [0.05, 0.1) is 30.8 Å². The minimum Gasteiger partial charge on any atom is -0.465 e. The maximum Gasteiger partial charge on any atom is 0.407 e. The van der Waals surface area contributed by atoms with Crippen LogP contribution in [0, 0.1) is 11.3 Å². The Kier molecular flexibility index (Phi) is 7.07. The smallest absolute Gasteiger partial charge is 0.407 e. The minimum absolute atomic E-state index is 0.161. The number of anilines is 3. The second-order valence-electron chi connectivity index (χ2n) is 11.2. The molecular formula is C30H36N8O2. The summed E-state index contributed by atoms with van der Waals surface area (Å²) in [5, 5.41) is 21.6. The lowest BCUT2D eigenvalue weighted by molar-refractivity contribution is 0.119. The summed E-state index contributed by atoms with van der Waals surface area (Å²) >= 11 is 0. The van der Waals surface area contributed by atoms with E-state index in [9.17, 15) is 15.2 Å². The van der Waals surface area contributed by atoms with Crippen molar-refractivity contribution in [3.05, 3.63) is 53.7 Å². The van der Waals surface area contributed by atoms with Crippen LogP contribution in [0.3, 0.4) is 0 Å². The molecule has 1 amide bonds. The second kappa shape index (κ2) is 10.8. The van der Waals surface area contributed by atoms with E-state index < -0.39 is 6.09 Å². The van der Waals surface area contributed by atoms with Gasteiger partial charge in [0.2, 0.25) is 5.95 Å². The molecule has 0 saturated carbocycles. The molecule has 2 atom stereocenters. The number of hydrogen-bond donors (Lipinski definition) is 1. The molecule has 1 aromatic heterocycles. The van der Waals surface area contributed by atoms with Gasteiger partial charge in [-0.25, -0.2) is 9.78 Å². The highest BCUT2D eigenvalue weighted by Crippen LogP contribution is 2.35. The summed E-state index contributed by atoms with van der Waals surface area (Å²) in [6.45, 7) is 4.67. The van der Waals surface area contributed by atoms with Crippen LogP contribution in [-0.2, 0) is 13.0 Å². The van der Waals surface area contributed by atoms with Crippen LogP contribution < -0.4 is 14.7 Å². The zero-order chi connectivity index (χ0) is 27.8. The Balaban J connectivity index is 1.37. The second-order valence-corrected chi connectivity index (χ2v) is 11.2. The number of aromatic nitrogens is 2. The van der Waals surface area contributed by atoms with E-state index in [1.165, 1.54) is 21.4 Å². The van der Waals surface area contributed by atoms with E-state index in [-0.39, 0.29) is 12.5 Å². The number of amides is 1. The van der Waals surface area contributed by atoms with Crippen molar-refractivity contribution in [2.24, 2.45) is 0 Å². The molecule has 40 heavy (non-hydrogen) atoms. The third kappa shape index (κ3) is 4.86. The van der Waals surface area contributed by atoms with Crippen LogP contribution in [0.4, 0.5) is 22.2 Å². The van der Waals surface area contributed by atoms with E-state index >= 15 is 0 Å². The Morgan fingerprint density at radius 1 is 1.02 bits per heavy atom. The van der Waals surface area contributed by atoms with Crippen LogP contribution in [0.25, 0.3) is 10.8 Å². The number of benzene rings is 2. The van der Waals surface area contributed by atoms with Crippen LogP contribution in [0.2, 0.25) is 0 Å². The van der Waals surface area contributed by atoms with Crippen molar-refractivity contribution in [1.29, 1.82) is 5.26 Å². The van der Waals surface area contributed by atoms with E-state index in [4.69, 9.17) is 9.97 Å². The van der Waals surface area contributed by atoms with Gasteiger partial charge < -0.3 is 29.6 Å². The molecule has 3 aliphatic rings. The van der Waals surface area contributed by atoms with Crippen LogP contribution in [0.1, 0.15) is 24.1 Å². The number of fused-ring (bicyclic) bond motifs is 2. The van der Waals surface area contributed by atoms with Crippen LogP contribution in [0.15, 0.2) is 42.5 Å². The predicted molar refractivity (Wildman–Crippen MR) is 156 cm³/mol. The number of hydrogen-bond acceptors (Lipinski definition) is 8. The number of rotatable bonds is 5. The summed E-state index contributed by atoms with van der Waals surface area (Å²) in [6, 6.07) is 17.2. The standard InChI is InChI=1S/C30H36N8O2/c1-34(2)22-11-14-37(18-22)29-32-26-20-35(27-9-5-7-21-6-3-4-8-24(21)27)15-12-25(26)28(33-29)36-16-17-38(30(39)40)23(19-36)10-13-31/h3-9,22-23H,10-12,14-20H2,1-2H3,(H,39,40). The van der Waals surface area contributed by atoms with Gasteiger partial charge in [-0.3, -0.25) is 0 Å². The quantitative estimate of drug-likeness (QED) is 0.521. The zero-order valence-corrected chi connectivity index (χ0v) is 23.2. The fourth-order valence-electron chi connectivity index (χ4n) is 6.42. The molecule has 2 fully saturated rings. The Bertz CT molecular complexity index is 1450. The van der Waals surface area contributed by atoms with Crippen molar-refractivity contribution in [2.45, 2.75) is 37.9 Å². The lowest BCUT2D eigenvalue weighted by Gasteiger charge is -2.41. The lowest BCUT2D eigenvalue weighted by atomic mass is 10.0. The van der Waals surface area contributed by atoms with Gasteiger partial charge in [-0.1, -0.05) is 36.4 Å². The normalized spacial score (nSPS) is 21.1. The number of carbonyl (C=O) groups is 1. The Labute approximate surface area is 235 Å². The molecule has 10 nitrogen and oxygen atoms in total. The summed E-state index contributed by atoms with van der Waals surface area (Å²) in [5.74, 6) is 1.65. The average molecular weight is 541 g/mol. The predicted octanol–water partition coefficient (Wildman–Crippen LogP) is 3.42. The molecule has 0 radical (unpaired) electrons. The van der Waals surface area contributed by atoms with Gasteiger partial charge in [0.25, 0.3) is 0 Å². The third-order valence-corrected chi connectivity index (χ3v) is 8.67. The van der Waals surface area contributed by atoms with Gasteiger partial charge in [0.1, 0.15) is 5.82 Å². The number of nitrogens with zero attached hydrogens (tertiary/aromatic N) is 8. The van der Waals surface area contributed by atoms with Gasteiger partial charge in [-0.15, -0.1) is 0 Å². The van der Waals surface area contributed by atoms with Crippen molar-refractivity contribution in [1.82, 2.24) is 19.8 Å². The molecule has 1 N–H and O–H groups in total. The summed E-state index contributed by atoms with van der Waals surface area (Å²) < 4.78 is 0. The summed E-state index contributed by atoms with van der Waals surface area (Å²) in [6.07, 6.45) is 1.06. The van der Waals surface area contributed by atoms with Gasteiger partial charge >= 0.3 is 6.09 Å². The van der Waals surface area contributed by atoms with Gasteiger partial charge in [0.15, 0.2) is 0 Å². The highest BCUT2D eigenvalue weighted by molar-refractivity contribution is 5.94. The van der Waals surface area contributed by atoms with Crippen molar-refractivity contribution in [2.75, 3.05) is 68.1 Å². The van der Waals surface area contributed by atoms with Crippen LogP contribution in [0.5, 0.6) is 0 Å². The first-order valence-electron chi connectivity index (χ1n) is 14.1. The van der Waals surface area contributed by atoms with E-state index in [1.54, 1.807) is 0 Å².